The first-order valence-electron chi connectivity index (χ1n) is 10.5. The summed E-state index contributed by atoms with van der Waals surface area (Å²) < 4.78 is 39.0. The molecular formula is C24H25F3N4O. The Balaban J connectivity index is 1.46. The van der Waals surface area contributed by atoms with Crippen molar-refractivity contribution in [1.82, 2.24) is 20.0 Å². The van der Waals surface area contributed by atoms with Crippen LogP contribution in [-0.4, -0.2) is 59.1 Å². The van der Waals surface area contributed by atoms with Crippen LogP contribution >= 0.6 is 0 Å². The Labute approximate surface area is 184 Å². The van der Waals surface area contributed by atoms with E-state index in [0.29, 0.717) is 28.6 Å². The van der Waals surface area contributed by atoms with Crippen LogP contribution in [0.1, 0.15) is 28.8 Å². The molecule has 168 valence electrons. The van der Waals surface area contributed by atoms with Gasteiger partial charge in [-0.3, -0.25) is 9.89 Å². The smallest absolute Gasteiger partial charge is 0.339 e. The molecule has 1 fully saturated rings. The van der Waals surface area contributed by atoms with Crippen LogP contribution in [0.3, 0.4) is 0 Å². The highest BCUT2D eigenvalue weighted by atomic mass is 19.4. The van der Waals surface area contributed by atoms with E-state index >= 15 is 0 Å². The molecule has 0 atom stereocenters. The predicted molar refractivity (Wildman–Crippen MR) is 117 cm³/mol. The number of H-pyrrole nitrogens is 1. The molecule has 0 bridgehead atoms. The van der Waals surface area contributed by atoms with Gasteiger partial charge in [0.2, 0.25) is 0 Å². The Bertz CT molecular complexity index is 1080. The van der Waals surface area contributed by atoms with Crippen molar-refractivity contribution >= 4 is 5.91 Å². The van der Waals surface area contributed by atoms with Gasteiger partial charge in [0, 0.05) is 30.3 Å². The first kappa shape index (κ1) is 22.1. The molecule has 4 rings (SSSR count). The highest BCUT2D eigenvalue weighted by Gasteiger charge is 2.30. The number of alkyl halides is 3. The minimum absolute atomic E-state index is 0.0167. The zero-order valence-corrected chi connectivity index (χ0v) is 18.0. The number of hydrogen-bond donors (Lipinski definition) is 1. The summed E-state index contributed by atoms with van der Waals surface area (Å²) in [5.74, 6) is 0.0167. The van der Waals surface area contributed by atoms with Crippen molar-refractivity contribution < 1.29 is 18.0 Å². The Morgan fingerprint density at radius 2 is 1.72 bits per heavy atom. The summed E-state index contributed by atoms with van der Waals surface area (Å²) in [5.41, 5.74) is 2.19. The number of carbonyl (C=O) groups is 1. The lowest BCUT2D eigenvalue weighted by Gasteiger charge is -2.35. The Hall–Kier alpha value is -3.13. The molecule has 0 saturated carbocycles. The lowest BCUT2D eigenvalue weighted by molar-refractivity contribution is -0.137. The van der Waals surface area contributed by atoms with Crippen molar-refractivity contribution in [3.05, 3.63) is 65.7 Å². The van der Waals surface area contributed by atoms with E-state index in [1.54, 1.807) is 24.3 Å². The third-order valence-electron chi connectivity index (χ3n) is 5.99. The molecule has 0 unspecified atom stereocenters. The van der Waals surface area contributed by atoms with Crippen LogP contribution in [0.15, 0.2) is 54.6 Å². The van der Waals surface area contributed by atoms with E-state index in [1.807, 2.05) is 17.0 Å². The molecule has 0 spiro atoms. The summed E-state index contributed by atoms with van der Waals surface area (Å²) in [7, 11) is 4.13. The monoisotopic (exact) mass is 442 g/mol. The normalized spacial score (nSPS) is 15.4. The Morgan fingerprint density at radius 3 is 2.34 bits per heavy atom. The lowest BCUT2D eigenvalue weighted by Crippen LogP contribution is -2.44. The average Bonchev–Trinajstić information content (AvgIpc) is 3.29. The number of hydrogen-bond acceptors (Lipinski definition) is 3. The first-order valence-corrected chi connectivity index (χ1v) is 10.5. The van der Waals surface area contributed by atoms with E-state index in [1.165, 1.54) is 6.07 Å². The number of likely N-dealkylation sites (tertiary alicyclic amines) is 1. The van der Waals surface area contributed by atoms with Gasteiger partial charge in [-0.15, -0.1) is 0 Å². The number of aromatic nitrogens is 2. The van der Waals surface area contributed by atoms with Gasteiger partial charge in [0.25, 0.3) is 5.91 Å². The van der Waals surface area contributed by atoms with E-state index < -0.39 is 11.7 Å². The third kappa shape index (κ3) is 4.70. The van der Waals surface area contributed by atoms with Gasteiger partial charge in [-0.1, -0.05) is 24.3 Å². The molecule has 0 aliphatic carbocycles. The molecule has 1 aliphatic heterocycles. The second-order valence-corrected chi connectivity index (χ2v) is 8.31. The second kappa shape index (κ2) is 8.78. The minimum atomic E-state index is -4.40. The summed E-state index contributed by atoms with van der Waals surface area (Å²) in [5, 5.41) is 7.04. The largest absolute Gasteiger partial charge is 0.416 e. The number of halogens is 3. The van der Waals surface area contributed by atoms with Crippen molar-refractivity contribution in [2.24, 2.45) is 0 Å². The van der Waals surface area contributed by atoms with Gasteiger partial charge in [0.1, 0.15) is 0 Å². The summed E-state index contributed by atoms with van der Waals surface area (Å²) in [6, 6.07) is 14.5. The molecule has 5 nitrogen and oxygen atoms in total. The summed E-state index contributed by atoms with van der Waals surface area (Å²) in [6.07, 6.45) is -2.48. The van der Waals surface area contributed by atoms with Crippen molar-refractivity contribution in [2.75, 3.05) is 27.2 Å². The molecule has 2 aromatic carbocycles. The molecular weight excluding hydrogens is 417 g/mol. The van der Waals surface area contributed by atoms with Gasteiger partial charge in [-0.25, -0.2) is 0 Å². The molecule has 1 saturated heterocycles. The molecule has 3 aromatic rings. The second-order valence-electron chi connectivity index (χ2n) is 8.31. The highest BCUT2D eigenvalue weighted by molar-refractivity contribution is 5.94. The SMILES string of the molecule is CN(C)C1CCN(C(=O)c2ccc(-c3cc(-c4cccc(C(F)(F)F)c4)n[nH]3)cc2)CC1. The van der Waals surface area contributed by atoms with Crippen LogP contribution in [0.25, 0.3) is 22.5 Å². The molecule has 8 heteroatoms. The van der Waals surface area contributed by atoms with Crippen LogP contribution in [0, 0.1) is 0 Å². The number of nitrogens with one attached hydrogen (secondary N) is 1. The maximum absolute atomic E-state index is 13.0. The van der Waals surface area contributed by atoms with Crippen LogP contribution < -0.4 is 0 Å². The molecule has 32 heavy (non-hydrogen) atoms. The number of carbonyl (C=O) groups excluding carboxylic acids is 1. The van der Waals surface area contributed by atoms with E-state index in [0.717, 1.165) is 43.6 Å². The van der Waals surface area contributed by atoms with E-state index in [-0.39, 0.29) is 5.91 Å². The fraction of sp³-hybridized carbons (Fsp3) is 0.333. The lowest BCUT2D eigenvalue weighted by atomic mass is 10.0. The van der Waals surface area contributed by atoms with E-state index in [2.05, 4.69) is 29.2 Å². The highest BCUT2D eigenvalue weighted by Crippen LogP contribution is 2.32. The van der Waals surface area contributed by atoms with Gasteiger partial charge in [0.15, 0.2) is 0 Å². The number of benzene rings is 2. The maximum Gasteiger partial charge on any atom is 0.416 e. The maximum atomic E-state index is 13.0. The fourth-order valence-electron chi connectivity index (χ4n) is 4.03. The van der Waals surface area contributed by atoms with Crippen LogP contribution in [0.4, 0.5) is 13.2 Å². The van der Waals surface area contributed by atoms with Crippen molar-refractivity contribution in [1.29, 1.82) is 0 Å². The van der Waals surface area contributed by atoms with Gasteiger partial charge in [-0.2, -0.15) is 18.3 Å². The number of amides is 1. The van der Waals surface area contributed by atoms with Crippen LogP contribution in [0.2, 0.25) is 0 Å². The van der Waals surface area contributed by atoms with Crippen molar-refractivity contribution in [3.8, 4) is 22.5 Å². The topological polar surface area (TPSA) is 52.2 Å². The number of nitrogens with zero attached hydrogens (tertiary/aromatic N) is 3. The van der Waals surface area contributed by atoms with Crippen LogP contribution in [0.5, 0.6) is 0 Å². The first-order chi connectivity index (χ1) is 15.2. The van der Waals surface area contributed by atoms with Gasteiger partial charge in [0.05, 0.1) is 17.0 Å². The number of aromatic amines is 1. The Morgan fingerprint density at radius 1 is 1.03 bits per heavy atom. The van der Waals surface area contributed by atoms with E-state index in [9.17, 15) is 18.0 Å². The van der Waals surface area contributed by atoms with Crippen molar-refractivity contribution in [2.45, 2.75) is 25.1 Å². The summed E-state index contributed by atoms with van der Waals surface area (Å²) in [6.45, 7) is 1.48. The van der Waals surface area contributed by atoms with Gasteiger partial charge >= 0.3 is 6.18 Å². The summed E-state index contributed by atoms with van der Waals surface area (Å²) >= 11 is 0. The minimum Gasteiger partial charge on any atom is -0.339 e. The standard InChI is InChI=1S/C24H25F3N4O/c1-30(2)20-10-12-31(13-11-20)23(32)17-8-6-16(7-9-17)21-15-22(29-28-21)18-4-3-5-19(14-18)24(25,26)27/h3-9,14-15,20H,10-13H2,1-2H3,(H,28,29). The average molecular weight is 442 g/mol. The quantitative estimate of drug-likeness (QED) is 0.624. The number of rotatable bonds is 4. The Kier molecular flexibility index (Phi) is 6.06. The summed E-state index contributed by atoms with van der Waals surface area (Å²) in [4.78, 5) is 16.9. The van der Waals surface area contributed by atoms with Crippen molar-refractivity contribution in [3.63, 3.8) is 0 Å². The zero-order valence-electron chi connectivity index (χ0n) is 18.0. The molecule has 1 aliphatic rings. The third-order valence-corrected chi connectivity index (χ3v) is 5.99. The van der Waals surface area contributed by atoms with Crippen LogP contribution in [-0.2, 0) is 6.18 Å². The molecule has 2 heterocycles. The number of piperidine rings is 1. The fourth-order valence-corrected chi connectivity index (χ4v) is 4.03. The molecule has 1 aromatic heterocycles. The molecule has 1 N–H and O–H groups in total. The zero-order chi connectivity index (χ0) is 22.9. The van der Waals surface area contributed by atoms with E-state index in [4.69, 9.17) is 0 Å². The van der Waals surface area contributed by atoms with Gasteiger partial charge in [-0.05, 0) is 62.8 Å². The molecule has 0 radical (unpaired) electrons. The predicted octanol–water partition coefficient (Wildman–Crippen LogP) is 4.93. The van der Waals surface area contributed by atoms with Gasteiger partial charge < -0.3 is 9.80 Å². The molecule has 1 amide bonds.